The molecule has 136 valence electrons. The van der Waals surface area contributed by atoms with Crippen molar-refractivity contribution in [1.29, 1.82) is 0 Å². The monoisotopic (exact) mass is 352 g/mol. The molecule has 1 amide bonds. The molecule has 1 atom stereocenters. The summed E-state index contributed by atoms with van der Waals surface area (Å²) in [4.78, 5) is 17.3. The van der Waals surface area contributed by atoms with Crippen molar-refractivity contribution in [3.63, 3.8) is 0 Å². The van der Waals surface area contributed by atoms with Gasteiger partial charge in [0.15, 0.2) is 0 Å². The Kier molecular flexibility index (Phi) is 4.45. The number of hydrogen-bond acceptors (Lipinski definition) is 4. The van der Waals surface area contributed by atoms with Gasteiger partial charge in [-0.15, -0.1) is 0 Å². The van der Waals surface area contributed by atoms with E-state index in [4.69, 9.17) is 9.47 Å². The van der Waals surface area contributed by atoms with E-state index in [1.54, 1.807) is 7.11 Å². The summed E-state index contributed by atoms with van der Waals surface area (Å²) < 4.78 is 11.0. The van der Waals surface area contributed by atoms with Crippen molar-refractivity contribution in [1.82, 2.24) is 4.90 Å². The maximum absolute atomic E-state index is 13.0. The first-order valence-corrected chi connectivity index (χ1v) is 9.12. The van der Waals surface area contributed by atoms with Crippen LogP contribution in [0.15, 0.2) is 42.5 Å². The molecule has 1 fully saturated rings. The van der Waals surface area contributed by atoms with Crippen LogP contribution in [0.2, 0.25) is 0 Å². The van der Waals surface area contributed by atoms with Gasteiger partial charge >= 0.3 is 0 Å². The van der Waals surface area contributed by atoms with Crippen molar-refractivity contribution in [3.05, 3.63) is 53.6 Å². The standard InChI is InChI=1S/C21H24N2O3/c1-15-14-22(18-5-3-4-6-20(18)25-2)10-11-23(15)21(24)17-7-8-19-16(13-17)9-12-26-19/h3-8,13,15H,9-12,14H2,1-2H3. The Morgan fingerprint density at radius 3 is 2.85 bits per heavy atom. The van der Waals surface area contributed by atoms with Gasteiger partial charge in [-0.1, -0.05) is 12.1 Å². The number of amides is 1. The summed E-state index contributed by atoms with van der Waals surface area (Å²) >= 11 is 0. The van der Waals surface area contributed by atoms with E-state index in [1.165, 1.54) is 0 Å². The zero-order valence-electron chi connectivity index (χ0n) is 15.3. The van der Waals surface area contributed by atoms with Gasteiger partial charge in [0.05, 0.1) is 19.4 Å². The van der Waals surface area contributed by atoms with Crippen LogP contribution in [0.3, 0.4) is 0 Å². The fourth-order valence-electron chi connectivity index (χ4n) is 3.85. The number of hydrogen-bond donors (Lipinski definition) is 0. The summed E-state index contributed by atoms with van der Waals surface area (Å²) in [5.41, 5.74) is 2.98. The molecule has 0 radical (unpaired) electrons. The molecule has 1 saturated heterocycles. The molecular formula is C21H24N2O3. The van der Waals surface area contributed by atoms with Gasteiger partial charge in [-0.05, 0) is 42.8 Å². The summed E-state index contributed by atoms with van der Waals surface area (Å²) in [7, 11) is 1.69. The van der Waals surface area contributed by atoms with Crippen LogP contribution in [0, 0.1) is 0 Å². The van der Waals surface area contributed by atoms with Gasteiger partial charge in [0.2, 0.25) is 0 Å². The average Bonchev–Trinajstić information content (AvgIpc) is 3.15. The number of piperazine rings is 1. The molecule has 0 aliphatic carbocycles. The summed E-state index contributed by atoms with van der Waals surface area (Å²) in [6.07, 6.45) is 0.883. The zero-order chi connectivity index (χ0) is 18.1. The van der Waals surface area contributed by atoms with Crippen molar-refractivity contribution in [2.24, 2.45) is 0 Å². The van der Waals surface area contributed by atoms with Crippen molar-refractivity contribution >= 4 is 11.6 Å². The fourth-order valence-corrected chi connectivity index (χ4v) is 3.85. The lowest BCUT2D eigenvalue weighted by molar-refractivity contribution is 0.0674. The SMILES string of the molecule is COc1ccccc1N1CCN(C(=O)c2ccc3c(c2)CCO3)C(C)C1. The highest BCUT2D eigenvalue weighted by Crippen LogP contribution is 2.30. The third-order valence-electron chi connectivity index (χ3n) is 5.25. The van der Waals surface area contributed by atoms with Crippen molar-refractivity contribution < 1.29 is 14.3 Å². The molecule has 0 bridgehead atoms. The molecule has 0 saturated carbocycles. The third-order valence-corrected chi connectivity index (χ3v) is 5.25. The second-order valence-electron chi connectivity index (χ2n) is 6.89. The van der Waals surface area contributed by atoms with E-state index in [2.05, 4.69) is 17.9 Å². The van der Waals surface area contributed by atoms with E-state index in [9.17, 15) is 4.79 Å². The Balaban J connectivity index is 1.49. The molecule has 5 nitrogen and oxygen atoms in total. The number of para-hydroxylation sites is 2. The zero-order valence-corrected chi connectivity index (χ0v) is 15.3. The highest BCUT2D eigenvalue weighted by molar-refractivity contribution is 5.95. The predicted molar refractivity (Wildman–Crippen MR) is 101 cm³/mol. The first-order chi connectivity index (χ1) is 12.7. The number of fused-ring (bicyclic) bond motifs is 1. The predicted octanol–water partition coefficient (Wildman–Crippen LogP) is 2.98. The number of rotatable bonds is 3. The third kappa shape index (κ3) is 2.98. The van der Waals surface area contributed by atoms with E-state index in [0.717, 1.165) is 47.8 Å². The van der Waals surface area contributed by atoms with Crippen LogP contribution in [0.1, 0.15) is 22.8 Å². The fraction of sp³-hybridized carbons (Fsp3) is 0.381. The van der Waals surface area contributed by atoms with Crippen LogP contribution in [0.25, 0.3) is 0 Å². The Labute approximate surface area is 154 Å². The molecule has 2 heterocycles. The van der Waals surface area contributed by atoms with Gasteiger partial charge in [0, 0.05) is 37.7 Å². The second-order valence-corrected chi connectivity index (χ2v) is 6.89. The van der Waals surface area contributed by atoms with Gasteiger partial charge in [0.1, 0.15) is 11.5 Å². The topological polar surface area (TPSA) is 42.0 Å². The lowest BCUT2D eigenvalue weighted by atomic mass is 10.1. The summed E-state index contributed by atoms with van der Waals surface area (Å²) in [6, 6.07) is 14.0. The summed E-state index contributed by atoms with van der Waals surface area (Å²) in [5, 5.41) is 0. The van der Waals surface area contributed by atoms with Gasteiger partial charge < -0.3 is 19.3 Å². The van der Waals surface area contributed by atoms with Crippen LogP contribution in [0.4, 0.5) is 5.69 Å². The minimum absolute atomic E-state index is 0.104. The quantitative estimate of drug-likeness (QED) is 0.852. The number of carbonyl (C=O) groups is 1. The van der Waals surface area contributed by atoms with E-state index in [-0.39, 0.29) is 11.9 Å². The average molecular weight is 352 g/mol. The normalized spacial score (nSPS) is 19.1. The van der Waals surface area contributed by atoms with Crippen molar-refractivity contribution in [2.75, 3.05) is 38.3 Å². The Bertz CT molecular complexity index is 821. The Morgan fingerprint density at radius 1 is 1.19 bits per heavy atom. The van der Waals surface area contributed by atoms with Crippen LogP contribution >= 0.6 is 0 Å². The Morgan fingerprint density at radius 2 is 2.04 bits per heavy atom. The minimum atomic E-state index is 0.104. The number of carbonyl (C=O) groups excluding carboxylic acids is 1. The van der Waals surface area contributed by atoms with Crippen molar-refractivity contribution in [2.45, 2.75) is 19.4 Å². The molecule has 5 heteroatoms. The molecule has 2 aromatic carbocycles. The van der Waals surface area contributed by atoms with Crippen LogP contribution in [-0.4, -0.2) is 50.2 Å². The highest BCUT2D eigenvalue weighted by Gasteiger charge is 2.29. The lowest BCUT2D eigenvalue weighted by Gasteiger charge is -2.41. The van der Waals surface area contributed by atoms with Gasteiger partial charge in [-0.25, -0.2) is 0 Å². The summed E-state index contributed by atoms with van der Waals surface area (Å²) in [5.74, 6) is 1.89. The van der Waals surface area contributed by atoms with Crippen LogP contribution in [-0.2, 0) is 6.42 Å². The molecule has 26 heavy (non-hydrogen) atoms. The van der Waals surface area contributed by atoms with Gasteiger partial charge in [-0.2, -0.15) is 0 Å². The first-order valence-electron chi connectivity index (χ1n) is 9.12. The molecule has 0 aromatic heterocycles. The van der Waals surface area contributed by atoms with Crippen LogP contribution < -0.4 is 14.4 Å². The smallest absolute Gasteiger partial charge is 0.254 e. The Hall–Kier alpha value is -2.69. The molecule has 4 rings (SSSR count). The number of anilines is 1. The number of ether oxygens (including phenoxy) is 2. The highest BCUT2D eigenvalue weighted by atomic mass is 16.5. The van der Waals surface area contributed by atoms with E-state index in [0.29, 0.717) is 13.2 Å². The van der Waals surface area contributed by atoms with Gasteiger partial charge in [0.25, 0.3) is 5.91 Å². The largest absolute Gasteiger partial charge is 0.495 e. The lowest BCUT2D eigenvalue weighted by Crippen LogP contribution is -2.54. The molecule has 1 unspecified atom stereocenters. The molecule has 0 N–H and O–H groups in total. The number of methoxy groups -OCH3 is 1. The van der Waals surface area contributed by atoms with E-state index in [1.807, 2.05) is 41.3 Å². The molecule has 0 spiro atoms. The van der Waals surface area contributed by atoms with Gasteiger partial charge in [-0.3, -0.25) is 4.79 Å². The maximum atomic E-state index is 13.0. The second kappa shape index (κ2) is 6.90. The molecule has 2 aromatic rings. The van der Waals surface area contributed by atoms with Crippen LogP contribution in [0.5, 0.6) is 11.5 Å². The van der Waals surface area contributed by atoms with Crippen molar-refractivity contribution in [3.8, 4) is 11.5 Å². The molecular weight excluding hydrogens is 328 g/mol. The number of benzene rings is 2. The first kappa shape index (κ1) is 16.8. The molecule has 2 aliphatic heterocycles. The van der Waals surface area contributed by atoms with E-state index >= 15 is 0 Å². The molecule has 2 aliphatic rings. The van der Waals surface area contributed by atoms with E-state index < -0.39 is 0 Å². The minimum Gasteiger partial charge on any atom is -0.495 e. The summed E-state index contributed by atoms with van der Waals surface area (Å²) in [6.45, 7) is 5.10. The number of nitrogens with zero attached hydrogens (tertiary/aromatic N) is 2. The maximum Gasteiger partial charge on any atom is 0.254 e.